The molecule has 1 atom stereocenters. The van der Waals surface area contributed by atoms with Crippen molar-refractivity contribution in [2.75, 3.05) is 0 Å². The van der Waals surface area contributed by atoms with Crippen LogP contribution in [0.3, 0.4) is 0 Å². The number of para-hydroxylation sites is 1. The Morgan fingerprint density at radius 2 is 2.00 bits per heavy atom. The van der Waals surface area contributed by atoms with Crippen molar-refractivity contribution in [2.45, 2.75) is 32.5 Å². The lowest BCUT2D eigenvalue weighted by Crippen LogP contribution is -2.37. The van der Waals surface area contributed by atoms with Crippen LogP contribution in [0.2, 0.25) is 0 Å². The van der Waals surface area contributed by atoms with Crippen molar-refractivity contribution < 1.29 is 18.3 Å². The fourth-order valence-electron chi connectivity index (χ4n) is 2.99. The number of aromatic nitrogens is 2. The summed E-state index contributed by atoms with van der Waals surface area (Å²) < 4.78 is 31.6. The fourth-order valence-corrected chi connectivity index (χ4v) is 2.99. The van der Waals surface area contributed by atoms with Crippen LogP contribution in [0.4, 0.5) is 13.6 Å². The molecule has 8 heteroatoms. The molecule has 6 nitrogen and oxygen atoms in total. The Bertz CT molecular complexity index is 932. The van der Waals surface area contributed by atoms with Crippen molar-refractivity contribution in [3.05, 3.63) is 78.1 Å². The summed E-state index contributed by atoms with van der Waals surface area (Å²) >= 11 is 0. The van der Waals surface area contributed by atoms with E-state index in [1.54, 1.807) is 29.1 Å². The first-order valence-corrected chi connectivity index (χ1v) is 9.24. The normalized spacial score (nSPS) is 11.9. The van der Waals surface area contributed by atoms with E-state index in [4.69, 9.17) is 0 Å². The van der Waals surface area contributed by atoms with Gasteiger partial charge in [0.05, 0.1) is 11.7 Å². The summed E-state index contributed by atoms with van der Waals surface area (Å²) in [6, 6.07) is 15.1. The predicted molar refractivity (Wildman–Crippen MR) is 105 cm³/mol. The summed E-state index contributed by atoms with van der Waals surface area (Å²) in [7, 11) is 0. The zero-order valence-corrected chi connectivity index (χ0v) is 15.9. The second kappa shape index (κ2) is 9.68. The smallest absolute Gasteiger partial charge is 0.387 e. The van der Waals surface area contributed by atoms with Crippen molar-refractivity contribution in [1.82, 2.24) is 20.4 Å². The Morgan fingerprint density at radius 1 is 1.17 bits per heavy atom. The minimum Gasteiger partial charge on any atom is -0.434 e. The van der Waals surface area contributed by atoms with Gasteiger partial charge in [-0.1, -0.05) is 37.3 Å². The number of ether oxygens (including phenoxy) is 1. The maximum Gasteiger partial charge on any atom is 0.387 e. The molecule has 2 N–H and O–H groups in total. The van der Waals surface area contributed by atoms with E-state index in [1.165, 1.54) is 6.07 Å². The Morgan fingerprint density at radius 3 is 2.72 bits per heavy atom. The van der Waals surface area contributed by atoms with Gasteiger partial charge in [-0.25, -0.2) is 9.48 Å². The number of alkyl halides is 2. The molecule has 29 heavy (non-hydrogen) atoms. The molecule has 2 amide bonds. The van der Waals surface area contributed by atoms with Crippen LogP contribution in [0.5, 0.6) is 5.75 Å². The lowest BCUT2D eigenvalue weighted by atomic mass is 10.0. The number of rotatable bonds is 8. The summed E-state index contributed by atoms with van der Waals surface area (Å²) in [5, 5.41) is 9.80. The number of hydrogen-bond donors (Lipinski definition) is 2. The molecule has 2 aromatic carbocycles. The second-order valence-corrected chi connectivity index (χ2v) is 6.32. The lowest BCUT2D eigenvalue weighted by molar-refractivity contribution is -0.0506. The largest absolute Gasteiger partial charge is 0.434 e. The molecule has 0 aliphatic rings. The molecular formula is C21H22F2N4O2. The Balaban J connectivity index is 1.62. The number of halogens is 2. The Labute approximate surface area is 167 Å². The number of hydrogen-bond acceptors (Lipinski definition) is 3. The molecule has 152 valence electrons. The van der Waals surface area contributed by atoms with Gasteiger partial charge in [0.2, 0.25) is 0 Å². The molecule has 0 bridgehead atoms. The number of urea groups is 1. The van der Waals surface area contributed by atoms with E-state index < -0.39 is 18.7 Å². The van der Waals surface area contributed by atoms with E-state index in [1.807, 2.05) is 43.5 Å². The summed E-state index contributed by atoms with van der Waals surface area (Å²) in [5.41, 5.74) is 2.30. The zero-order chi connectivity index (χ0) is 20.6. The third-order valence-corrected chi connectivity index (χ3v) is 4.36. The van der Waals surface area contributed by atoms with Crippen LogP contribution in [-0.2, 0) is 6.54 Å². The van der Waals surface area contributed by atoms with E-state index in [0.717, 1.165) is 11.3 Å². The molecule has 3 aromatic rings. The van der Waals surface area contributed by atoms with Gasteiger partial charge in [0.15, 0.2) is 0 Å². The number of nitrogens with zero attached hydrogens (tertiary/aromatic N) is 2. The molecule has 0 radical (unpaired) electrons. The van der Waals surface area contributed by atoms with Gasteiger partial charge in [-0.15, -0.1) is 0 Å². The molecule has 1 heterocycles. The van der Waals surface area contributed by atoms with E-state index in [2.05, 4.69) is 20.5 Å². The quantitative estimate of drug-likeness (QED) is 0.588. The lowest BCUT2D eigenvalue weighted by Gasteiger charge is -2.21. The molecule has 0 aliphatic heterocycles. The van der Waals surface area contributed by atoms with E-state index in [-0.39, 0.29) is 5.75 Å². The third kappa shape index (κ3) is 5.54. The summed E-state index contributed by atoms with van der Waals surface area (Å²) in [4.78, 5) is 12.4. The molecule has 0 spiro atoms. The van der Waals surface area contributed by atoms with Crippen molar-refractivity contribution in [1.29, 1.82) is 0 Å². The number of carbonyl (C=O) groups is 1. The molecule has 0 saturated carbocycles. The molecule has 0 saturated heterocycles. The Kier molecular flexibility index (Phi) is 6.78. The third-order valence-electron chi connectivity index (χ3n) is 4.36. The number of carbonyl (C=O) groups excluding carboxylic acids is 1. The van der Waals surface area contributed by atoms with Crippen LogP contribution in [0.25, 0.3) is 5.69 Å². The van der Waals surface area contributed by atoms with Gasteiger partial charge in [0.25, 0.3) is 0 Å². The average molecular weight is 400 g/mol. The van der Waals surface area contributed by atoms with Crippen molar-refractivity contribution in [3.8, 4) is 11.4 Å². The highest BCUT2D eigenvalue weighted by molar-refractivity contribution is 5.74. The minimum atomic E-state index is -2.93. The maximum atomic E-state index is 12.6. The van der Waals surface area contributed by atoms with Gasteiger partial charge in [0, 0.05) is 24.5 Å². The van der Waals surface area contributed by atoms with Gasteiger partial charge in [-0.3, -0.25) is 0 Å². The van der Waals surface area contributed by atoms with Crippen LogP contribution in [0.15, 0.2) is 67.0 Å². The summed E-state index contributed by atoms with van der Waals surface area (Å²) in [6.07, 6.45) is 4.05. The zero-order valence-electron chi connectivity index (χ0n) is 15.9. The fraction of sp³-hybridized carbons (Fsp3) is 0.238. The topological polar surface area (TPSA) is 68.2 Å². The van der Waals surface area contributed by atoms with Crippen LogP contribution >= 0.6 is 0 Å². The SMILES string of the molecule is CCC(NC(=O)NCc1cccc(-n2cccn2)c1)c1ccccc1OC(F)F. The van der Waals surface area contributed by atoms with Crippen molar-refractivity contribution in [3.63, 3.8) is 0 Å². The highest BCUT2D eigenvalue weighted by atomic mass is 19.3. The Hall–Kier alpha value is -3.42. The summed E-state index contributed by atoms with van der Waals surface area (Å²) in [6.45, 7) is -0.755. The average Bonchev–Trinajstić information content (AvgIpc) is 3.26. The summed E-state index contributed by atoms with van der Waals surface area (Å²) in [5.74, 6) is 0.0570. The van der Waals surface area contributed by atoms with Crippen LogP contribution < -0.4 is 15.4 Å². The number of nitrogens with one attached hydrogen (secondary N) is 2. The monoisotopic (exact) mass is 400 g/mol. The molecule has 1 unspecified atom stereocenters. The van der Waals surface area contributed by atoms with Crippen LogP contribution in [0.1, 0.15) is 30.5 Å². The van der Waals surface area contributed by atoms with Gasteiger partial charge in [-0.2, -0.15) is 13.9 Å². The molecule has 1 aromatic heterocycles. The predicted octanol–water partition coefficient (Wildman–Crippen LogP) is 4.42. The van der Waals surface area contributed by atoms with Gasteiger partial charge in [-0.05, 0) is 36.2 Å². The van der Waals surface area contributed by atoms with Crippen molar-refractivity contribution >= 4 is 6.03 Å². The first-order valence-electron chi connectivity index (χ1n) is 9.24. The first kappa shape index (κ1) is 20.3. The standard InChI is InChI=1S/C21H22F2N4O2/c1-2-18(17-9-3-4-10-19(17)29-20(22)23)26-21(28)24-14-15-7-5-8-16(13-15)27-12-6-11-25-27/h3-13,18,20H,2,14H2,1H3,(H2,24,26,28). The van der Waals surface area contributed by atoms with E-state index in [9.17, 15) is 13.6 Å². The van der Waals surface area contributed by atoms with E-state index >= 15 is 0 Å². The number of benzene rings is 2. The second-order valence-electron chi connectivity index (χ2n) is 6.32. The number of amides is 2. The minimum absolute atomic E-state index is 0.0570. The maximum absolute atomic E-state index is 12.6. The van der Waals surface area contributed by atoms with Gasteiger partial charge in [0.1, 0.15) is 5.75 Å². The molecule has 0 aliphatic carbocycles. The van der Waals surface area contributed by atoms with Crippen LogP contribution in [0, 0.1) is 0 Å². The molecule has 3 rings (SSSR count). The first-order chi connectivity index (χ1) is 14.1. The van der Waals surface area contributed by atoms with Crippen molar-refractivity contribution in [2.24, 2.45) is 0 Å². The molecular weight excluding hydrogens is 378 g/mol. The van der Waals surface area contributed by atoms with E-state index in [0.29, 0.717) is 18.5 Å². The van der Waals surface area contributed by atoms with Gasteiger partial charge >= 0.3 is 12.6 Å². The highest BCUT2D eigenvalue weighted by Gasteiger charge is 2.18. The van der Waals surface area contributed by atoms with Gasteiger partial charge < -0.3 is 15.4 Å². The van der Waals surface area contributed by atoms with Crippen LogP contribution in [-0.4, -0.2) is 22.4 Å². The highest BCUT2D eigenvalue weighted by Crippen LogP contribution is 2.28. The molecule has 0 fully saturated rings.